The summed E-state index contributed by atoms with van der Waals surface area (Å²) in [6.45, 7) is 0. The van der Waals surface area contributed by atoms with E-state index in [9.17, 15) is 13.2 Å². The van der Waals surface area contributed by atoms with Gasteiger partial charge in [0.2, 0.25) is 0 Å². The standard InChI is InChI=1S/C16H9BrClF3N2S/c17-10-3-7-12(8-4-10)22-15-23-14(16(19,20)21)13(24-15)9-1-5-11(18)6-2-9/h1-8H,(H,22,23). The largest absolute Gasteiger partial charge is 0.434 e. The van der Waals surface area contributed by atoms with Gasteiger partial charge in [-0.05, 0) is 42.0 Å². The van der Waals surface area contributed by atoms with Crippen molar-refractivity contribution in [3.8, 4) is 10.4 Å². The molecule has 0 radical (unpaired) electrons. The van der Waals surface area contributed by atoms with Crippen LogP contribution in [0.1, 0.15) is 5.69 Å². The molecule has 0 aliphatic carbocycles. The van der Waals surface area contributed by atoms with Gasteiger partial charge in [-0.25, -0.2) is 4.98 Å². The molecular formula is C16H9BrClF3N2S. The molecule has 0 saturated heterocycles. The minimum absolute atomic E-state index is 0.0544. The lowest BCUT2D eigenvalue weighted by atomic mass is 10.1. The van der Waals surface area contributed by atoms with Gasteiger partial charge in [0.25, 0.3) is 0 Å². The van der Waals surface area contributed by atoms with E-state index in [4.69, 9.17) is 11.6 Å². The van der Waals surface area contributed by atoms with Gasteiger partial charge < -0.3 is 5.32 Å². The molecule has 0 fully saturated rings. The molecule has 1 N–H and O–H groups in total. The van der Waals surface area contributed by atoms with E-state index in [-0.39, 0.29) is 10.0 Å². The van der Waals surface area contributed by atoms with Crippen LogP contribution in [0.15, 0.2) is 53.0 Å². The number of alkyl halides is 3. The van der Waals surface area contributed by atoms with Crippen LogP contribution in [0.25, 0.3) is 10.4 Å². The van der Waals surface area contributed by atoms with Gasteiger partial charge >= 0.3 is 6.18 Å². The summed E-state index contributed by atoms with van der Waals surface area (Å²) >= 11 is 10.1. The van der Waals surface area contributed by atoms with Crippen LogP contribution in [0.5, 0.6) is 0 Å². The van der Waals surface area contributed by atoms with Gasteiger partial charge in [0.15, 0.2) is 10.8 Å². The lowest BCUT2D eigenvalue weighted by Gasteiger charge is -2.06. The summed E-state index contributed by atoms with van der Waals surface area (Å²) in [6.07, 6.45) is -4.54. The Morgan fingerprint density at radius 1 is 1.00 bits per heavy atom. The molecule has 0 unspecified atom stereocenters. The number of aromatic nitrogens is 1. The maximum atomic E-state index is 13.3. The number of hydrogen-bond donors (Lipinski definition) is 1. The van der Waals surface area contributed by atoms with Crippen LogP contribution >= 0.6 is 38.9 Å². The molecule has 3 rings (SSSR count). The number of thiazole rings is 1. The number of halogens is 5. The molecule has 0 bridgehead atoms. The molecule has 0 saturated carbocycles. The molecule has 0 aliphatic rings. The predicted octanol–water partition coefficient (Wildman–Crippen LogP) is 6.99. The van der Waals surface area contributed by atoms with Gasteiger partial charge in [-0.1, -0.05) is 51.0 Å². The SMILES string of the molecule is FC(F)(F)c1nc(Nc2ccc(Br)cc2)sc1-c1ccc(Cl)cc1. The highest BCUT2D eigenvalue weighted by Crippen LogP contribution is 2.42. The van der Waals surface area contributed by atoms with Crippen LogP contribution in [0.2, 0.25) is 5.02 Å². The van der Waals surface area contributed by atoms with Gasteiger partial charge in [0.05, 0.1) is 4.88 Å². The van der Waals surface area contributed by atoms with Gasteiger partial charge in [-0.15, -0.1) is 0 Å². The predicted molar refractivity (Wildman–Crippen MR) is 95.0 cm³/mol. The summed E-state index contributed by atoms with van der Waals surface area (Å²) in [6, 6.07) is 13.3. The number of benzene rings is 2. The number of rotatable bonds is 3. The zero-order valence-electron chi connectivity index (χ0n) is 11.9. The maximum absolute atomic E-state index is 13.3. The molecule has 2 nitrogen and oxygen atoms in total. The minimum Gasteiger partial charge on any atom is -0.332 e. The Morgan fingerprint density at radius 2 is 1.62 bits per heavy atom. The fourth-order valence-electron chi connectivity index (χ4n) is 2.02. The first-order valence-electron chi connectivity index (χ1n) is 6.69. The molecule has 1 aromatic heterocycles. The Labute approximate surface area is 153 Å². The van der Waals surface area contributed by atoms with Crippen molar-refractivity contribution in [3.05, 3.63) is 63.7 Å². The van der Waals surface area contributed by atoms with Gasteiger partial charge in [0.1, 0.15) is 0 Å². The summed E-state index contributed by atoms with van der Waals surface area (Å²) in [5.74, 6) is 0. The van der Waals surface area contributed by atoms with E-state index in [2.05, 4.69) is 26.2 Å². The highest BCUT2D eigenvalue weighted by Gasteiger charge is 2.38. The quantitative estimate of drug-likeness (QED) is 0.481. The van der Waals surface area contributed by atoms with E-state index in [0.717, 1.165) is 15.8 Å². The Hall–Kier alpha value is -1.57. The van der Waals surface area contributed by atoms with Crippen molar-refractivity contribution >= 4 is 49.7 Å². The Bertz CT molecular complexity index is 845. The average molecular weight is 434 g/mol. The van der Waals surface area contributed by atoms with Crippen LogP contribution in [0.4, 0.5) is 24.0 Å². The molecule has 3 aromatic rings. The first-order chi connectivity index (χ1) is 11.3. The van der Waals surface area contributed by atoms with Crippen molar-refractivity contribution in [2.75, 3.05) is 5.32 Å². The Kier molecular flexibility index (Phi) is 4.85. The van der Waals surface area contributed by atoms with E-state index in [1.807, 2.05) is 0 Å². The van der Waals surface area contributed by atoms with Crippen LogP contribution < -0.4 is 5.32 Å². The van der Waals surface area contributed by atoms with E-state index < -0.39 is 11.9 Å². The van der Waals surface area contributed by atoms with Crippen LogP contribution in [0.3, 0.4) is 0 Å². The first kappa shape index (κ1) is 17.3. The van der Waals surface area contributed by atoms with Crippen molar-refractivity contribution in [3.63, 3.8) is 0 Å². The topological polar surface area (TPSA) is 24.9 Å². The van der Waals surface area contributed by atoms with E-state index in [1.165, 1.54) is 0 Å². The third kappa shape index (κ3) is 3.91. The van der Waals surface area contributed by atoms with Crippen molar-refractivity contribution in [1.82, 2.24) is 4.98 Å². The first-order valence-corrected chi connectivity index (χ1v) is 8.68. The van der Waals surface area contributed by atoms with Crippen molar-refractivity contribution in [2.24, 2.45) is 0 Å². The van der Waals surface area contributed by atoms with E-state index in [1.54, 1.807) is 48.5 Å². The number of nitrogens with one attached hydrogen (secondary N) is 1. The minimum atomic E-state index is -4.54. The molecule has 0 amide bonds. The number of anilines is 2. The highest BCUT2D eigenvalue weighted by atomic mass is 79.9. The molecule has 8 heteroatoms. The number of hydrogen-bond acceptors (Lipinski definition) is 3. The lowest BCUT2D eigenvalue weighted by molar-refractivity contribution is -0.140. The molecule has 24 heavy (non-hydrogen) atoms. The average Bonchev–Trinajstić information content (AvgIpc) is 2.94. The molecule has 0 spiro atoms. The summed E-state index contributed by atoms with van der Waals surface area (Å²) < 4.78 is 40.8. The molecule has 124 valence electrons. The Balaban J connectivity index is 2.00. The Morgan fingerprint density at radius 3 is 2.21 bits per heavy atom. The van der Waals surface area contributed by atoms with Crippen LogP contribution in [0, 0.1) is 0 Å². The maximum Gasteiger partial charge on any atom is 0.434 e. The normalized spacial score (nSPS) is 11.5. The molecular weight excluding hydrogens is 425 g/mol. The summed E-state index contributed by atoms with van der Waals surface area (Å²) in [5, 5.41) is 3.54. The zero-order valence-corrected chi connectivity index (χ0v) is 15.0. The van der Waals surface area contributed by atoms with Crippen LogP contribution in [-0.2, 0) is 6.18 Å². The second kappa shape index (κ2) is 6.74. The highest BCUT2D eigenvalue weighted by molar-refractivity contribution is 9.10. The van der Waals surface area contributed by atoms with Crippen molar-refractivity contribution in [1.29, 1.82) is 0 Å². The molecule has 0 aliphatic heterocycles. The van der Waals surface area contributed by atoms with Crippen molar-refractivity contribution < 1.29 is 13.2 Å². The van der Waals surface area contributed by atoms with Gasteiger partial charge in [-0.3, -0.25) is 0 Å². The fourth-order valence-corrected chi connectivity index (χ4v) is 3.42. The second-order valence-electron chi connectivity index (χ2n) is 4.83. The summed E-state index contributed by atoms with van der Waals surface area (Å²) in [7, 11) is 0. The zero-order chi connectivity index (χ0) is 17.3. The van der Waals surface area contributed by atoms with Gasteiger partial charge in [-0.2, -0.15) is 13.2 Å². The molecule has 0 atom stereocenters. The monoisotopic (exact) mass is 432 g/mol. The summed E-state index contributed by atoms with van der Waals surface area (Å²) in [4.78, 5) is 3.79. The van der Waals surface area contributed by atoms with Gasteiger partial charge in [0, 0.05) is 15.2 Å². The third-order valence-corrected chi connectivity index (χ3v) is 4.90. The van der Waals surface area contributed by atoms with Crippen molar-refractivity contribution in [2.45, 2.75) is 6.18 Å². The summed E-state index contributed by atoms with van der Waals surface area (Å²) in [5.41, 5.74) is 0.172. The number of nitrogens with zero attached hydrogens (tertiary/aromatic N) is 1. The molecule has 2 aromatic carbocycles. The smallest absolute Gasteiger partial charge is 0.332 e. The third-order valence-electron chi connectivity index (χ3n) is 3.10. The second-order valence-corrected chi connectivity index (χ2v) is 7.18. The van der Waals surface area contributed by atoms with E-state index in [0.29, 0.717) is 16.3 Å². The van der Waals surface area contributed by atoms with Crippen LogP contribution in [-0.4, -0.2) is 4.98 Å². The van der Waals surface area contributed by atoms with E-state index >= 15 is 0 Å². The fraction of sp³-hybridized carbons (Fsp3) is 0.0625. The lowest BCUT2D eigenvalue weighted by Crippen LogP contribution is -2.07. The molecule has 1 heterocycles.